The molecule has 10 heteroatoms. The highest BCUT2D eigenvalue weighted by atomic mass is 16.6. The number of rotatable bonds is 7. The first-order valence-corrected chi connectivity index (χ1v) is 13.0. The molecule has 3 aromatic rings. The number of pyridine rings is 1. The minimum absolute atomic E-state index is 0.0535. The maximum absolute atomic E-state index is 12.3. The van der Waals surface area contributed by atoms with E-state index in [0.29, 0.717) is 17.8 Å². The molecule has 1 aromatic carbocycles. The standard InChI is InChI=1S/C28H37N7O3/c1-17-21(14-29)25-32-24(22(36)16-30-6)33-35(25)26(23(17)19-10-8-7-9-11-19)34-13-12-20(18(34)2)15-31-27(37)38-28(3,4)5/h7-11,18,20,22,30,36H,12-13,15-16H2,1-6H3,(H,31,37)/t18?,20-,22?/m0/s1. The van der Waals surface area contributed by atoms with Crippen LogP contribution in [0.3, 0.4) is 0 Å². The van der Waals surface area contributed by atoms with Gasteiger partial charge >= 0.3 is 6.09 Å². The van der Waals surface area contributed by atoms with Gasteiger partial charge in [-0.25, -0.2) is 9.78 Å². The largest absolute Gasteiger partial charge is 0.444 e. The van der Waals surface area contributed by atoms with Crippen molar-refractivity contribution in [2.75, 3.05) is 31.6 Å². The molecular weight excluding hydrogens is 482 g/mol. The molecule has 202 valence electrons. The monoisotopic (exact) mass is 519 g/mol. The van der Waals surface area contributed by atoms with Crippen LogP contribution >= 0.6 is 0 Å². The summed E-state index contributed by atoms with van der Waals surface area (Å²) in [7, 11) is 1.75. The number of benzene rings is 1. The van der Waals surface area contributed by atoms with Gasteiger partial charge in [0, 0.05) is 31.2 Å². The Hall–Kier alpha value is -3.68. The molecule has 3 atom stereocenters. The third-order valence-electron chi connectivity index (χ3n) is 6.99. The molecular formula is C28H37N7O3. The van der Waals surface area contributed by atoms with Crippen molar-refractivity contribution in [3.63, 3.8) is 0 Å². The minimum atomic E-state index is -0.915. The second-order valence-electron chi connectivity index (χ2n) is 10.8. The second-order valence-corrected chi connectivity index (χ2v) is 10.8. The van der Waals surface area contributed by atoms with Crippen molar-refractivity contribution < 1.29 is 14.6 Å². The lowest BCUT2D eigenvalue weighted by Crippen LogP contribution is -2.39. The molecule has 1 aliphatic rings. The smallest absolute Gasteiger partial charge is 0.407 e. The van der Waals surface area contributed by atoms with E-state index in [4.69, 9.17) is 9.84 Å². The number of nitrogens with zero attached hydrogens (tertiary/aromatic N) is 5. The molecule has 1 fully saturated rings. The van der Waals surface area contributed by atoms with Crippen LogP contribution in [0.1, 0.15) is 57.2 Å². The van der Waals surface area contributed by atoms with E-state index in [1.165, 1.54) is 0 Å². The van der Waals surface area contributed by atoms with E-state index < -0.39 is 17.8 Å². The lowest BCUT2D eigenvalue weighted by molar-refractivity contribution is 0.0519. The molecule has 3 N–H and O–H groups in total. The zero-order valence-electron chi connectivity index (χ0n) is 22.9. The first-order chi connectivity index (χ1) is 18.1. The molecule has 3 heterocycles. The van der Waals surface area contributed by atoms with Gasteiger partial charge in [0.1, 0.15) is 29.2 Å². The number of hydrogen-bond donors (Lipinski definition) is 3. The number of amides is 1. The van der Waals surface area contributed by atoms with Gasteiger partial charge in [-0.15, -0.1) is 5.10 Å². The summed E-state index contributed by atoms with van der Waals surface area (Å²) in [5.41, 5.74) is 2.97. The molecule has 38 heavy (non-hydrogen) atoms. The van der Waals surface area contributed by atoms with Crippen LogP contribution in [0.25, 0.3) is 16.8 Å². The van der Waals surface area contributed by atoms with Crippen molar-refractivity contribution in [1.82, 2.24) is 25.2 Å². The van der Waals surface area contributed by atoms with E-state index in [1.54, 1.807) is 11.6 Å². The summed E-state index contributed by atoms with van der Waals surface area (Å²) < 4.78 is 7.13. The first kappa shape index (κ1) is 27.4. The highest BCUT2D eigenvalue weighted by Gasteiger charge is 2.36. The molecule has 10 nitrogen and oxygen atoms in total. The summed E-state index contributed by atoms with van der Waals surface area (Å²) in [4.78, 5) is 19.2. The Morgan fingerprint density at radius 1 is 1.32 bits per heavy atom. The van der Waals surface area contributed by atoms with Gasteiger partial charge in [-0.1, -0.05) is 30.3 Å². The average Bonchev–Trinajstić information content (AvgIpc) is 3.45. The maximum Gasteiger partial charge on any atom is 0.407 e. The van der Waals surface area contributed by atoms with Gasteiger partial charge in [0.25, 0.3) is 0 Å². The fraction of sp³-hybridized carbons (Fsp3) is 0.500. The SMILES string of the molecule is CNCC(O)c1nc2c(C#N)c(C)c(-c3ccccc3)c(N3CC[C@@H](CNC(=O)OC(C)(C)C)C3C)n2n1. The third kappa shape index (κ3) is 5.44. The van der Waals surface area contributed by atoms with Gasteiger partial charge in [0.2, 0.25) is 0 Å². The number of ether oxygens (including phenoxy) is 1. The number of aliphatic hydroxyl groups is 1. The summed E-state index contributed by atoms with van der Waals surface area (Å²) >= 11 is 0. The summed E-state index contributed by atoms with van der Waals surface area (Å²) in [6, 6.07) is 12.3. The molecule has 1 saturated heterocycles. The molecule has 0 aliphatic carbocycles. The van der Waals surface area contributed by atoms with Crippen molar-refractivity contribution in [3.05, 3.63) is 47.3 Å². The van der Waals surface area contributed by atoms with Gasteiger partial charge in [-0.3, -0.25) is 0 Å². The van der Waals surface area contributed by atoms with E-state index in [0.717, 1.165) is 35.5 Å². The maximum atomic E-state index is 12.3. The highest BCUT2D eigenvalue weighted by molar-refractivity contribution is 5.85. The van der Waals surface area contributed by atoms with E-state index in [9.17, 15) is 15.2 Å². The number of alkyl carbamates (subject to hydrolysis) is 1. The van der Waals surface area contributed by atoms with E-state index in [1.807, 2.05) is 58.0 Å². The number of hydrogen-bond acceptors (Lipinski definition) is 8. The summed E-state index contributed by atoms with van der Waals surface area (Å²) in [6.45, 7) is 11.1. The molecule has 0 saturated carbocycles. The predicted molar refractivity (Wildman–Crippen MR) is 146 cm³/mol. The normalized spacial score (nSPS) is 18.4. The van der Waals surface area contributed by atoms with Crippen LogP contribution in [0.4, 0.5) is 10.6 Å². The molecule has 2 aromatic heterocycles. The van der Waals surface area contributed by atoms with Crippen LogP contribution in [-0.4, -0.2) is 64.1 Å². The van der Waals surface area contributed by atoms with Gasteiger partial charge in [0.15, 0.2) is 11.5 Å². The Bertz CT molecular complexity index is 1340. The number of nitrogens with one attached hydrogen (secondary N) is 2. The van der Waals surface area contributed by atoms with Crippen LogP contribution < -0.4 is 15.5 Å². The molecule has 2 unspecified atom stereocenters. The number of likely N-dealkylation sites (N-methyl/N-ethyl adjacent to an activating group) is 1. The van der Waals surface area contributed by atoms with Crippen LogP contribution in [0.5, 0.6) is 0 Å². The van der Waals surface area contributed by atoms with Crippen molar-refractivity contribution in [1.29, 1.82) is 5.26 Å². The van der Waals surface area contributed by atoms with Crippen molar-refractivity contribution in [3.8, 4) is 17.2 Å². The average molecular weight is 520 g/mol. The number of anilines is 1. The lowest BCUT2D eigenvalue weighted by atomic mass is 9.96. The second kappa shape index (κ2) is 11.0. The molecule has 1 amide bonds. The van der Waals surface area contributed by atoms with Gasteiger partial charge < -0.3 is 25.4 Å². The van der Waals surface area contributed by atoms with Crippen LogP contribution in [0.2, 0.25) is 0 Å². The lowest BCUT2D eigenvalue weighted by Gasteiger charge is -2.30. The fourth-order valence-electron chi connectivity index (χ4n) is 5.08. The van der Waals surface area contributed by atoms with E-state index in [-0.39, 0.29) is 24.3 Å². The fourth-order valence-corrected chi connectivity index (χ4v) is 5.08. The number of aliphatic hydroxyl groups excluding tert-OH is 1. The molecule has 0 spiro atoms. The Morgan fingerprint density at radius 2 is 2.03 bits per heavy atom. The first-order valence-electron chi connectivity index (χ1n) is 13.0. The van der Waals surface area contributed by atoms with Gasteiger partial charge in [-0.2, -0.15) is 9.78 Å². The van der Waals surface area contributed by atoms with Crippen molar-refractivity contribution >= 4 is 17.6 Å². The Balaban J connectivity index is 1.80. The number of aromatic nitrogens is 3. The van der Waals surface area contributed by atoms with Crippen molar-refractivity contribution in [2.24, 2.45) is 5.92 Å². The number of carbonyl (C=O) groups is 1. The quantitative estimate of drug-likeness (QED) is 0.432. The van der Waals surface area contributed by atoms with Gasteiger partial charge in [0.05, 0.1) is 0 Å². The highest BCUT2D eigenvalue weighted by Crippen LogP contribution is 2.41. The molecule has 1 aliphatic heterocycles. The topological polar surface area (TPSA) is 128 Å². The molecule has 0 bridgehead atoms. The zero-order chi connectivity index (χ0) is 27.6. The van der Waals surface area contributed by atoms with Crippen LogP contribution in [-0.2, 0) is 4.74 Å². The number of nitriles is 1. The minimum Gasteiger partial charge on any atom is -0.444 e. The third-order valence-corrected chi connectivity index (χ3v) is 6.99. The Kier molecular flexibility index (Phi) is 7.90. The van der Waals surface area contributed by atoms with Crippen LogP contribution in [0.15, 0.2) is 30.3 Å². The predicted octanol–water partition coefficient (Wildman–Crippen LogP) is 3.57. The molecule has 0 radical (unpaired) electrons. The van der Waals surface area contributed by atoms with Crippen LogP contribution in [0, 0.1) is 24.2 Å². The summed E-state index contributed by atoms with van der Waals surface area (Å²) in [6.07, 6.45) is -0.485. The summed E-state index contributed by atoms with van der Waals surface area (Å²) in [5, 5.41) is 31.4. The van der Waals surface area contributed by atoms with E-state index in [2.05, 4.69) is 33.5 Å². The molecule has 4 rings (SSSR count). The Labute approximate surface area is 223 Å². The van der Waals surface area contributed by atoms with Gasteiger partial charge in [-0.05, 0) is 65.1 Å². The summed E-state index contributed by atoms with van der Waals surface area (Å²) in [5.74, 6) is 1.26. The van der Waals surface area contributed by atoms with Crippen molar-refractivity contribution in [2.45, 2.75) is 58.8 Å². The van der Waals surface area contributed by atoms with E-state index >= 15 is 0 Å². The number of carbonyl (C=O) groups excluding carboxylic acids is 1. The Morgan fingerprint density at radius 3 is 2.66 bits per heavy atom. The zero-order valence-corrected chi connectivity index (χ0v) is 22.9. The number of fused-ring (bicyclic) bond motifs is 1.